The van der Waals surface area contributed by atoms with Crippen molar-refractivity contribution in [3.05, 3.63) is 52.6 Å². The zero-order chi connectivity index (χ0) is 18.0. The van der Waals surface area contributed by atoms with E-state index in [1.54, 1.807) is 12.1 Å². The number of pyridine rings is 1. The molecule has 0 unspecified atom stereocenters. The van der Waals surface area contributed by atoms with Gasteiger partial charge in [-0.2, -0.15) is 0 Å². The minimum Gasteiger partial charge on any atom is -0.479 e. The van der Waals surface area contributed by atoms with Crippen molar-refractivity contribution in [1.82, 2.24) is 4.98 Å². The highest BCUT2D eigenvalue weighted by molar-refractivity contribution is 7.92. The zero-order valence-corrected chi connectivity index (χ0v) is 14.2. The second kappa shape index (κ2) is 6.52. The summed E-state index contributed by atoms with van der Waals surface area (Å²) in [6, 6.07) is 7.48. The Labute approximate surface area is 144 Å². The third-order valence-electron chi connectivity index (χ3n) is 3.65. The number of hydrogen-bond donors (Lipinski definition) is 2. The van der Waals surface area contributed by atoms with E-state index >= 15 is 0 Å². The highest BCUT2D eigenvalue weighted by Gasteiger charge is 2.22. The van der Waals surface area contributed by atoms with Gasteiger partial charge >= 0.3 is 0 Å². The Hall–Kier alpha value is -2.94. The van der Waals surface area contributed by atoms with Gasteiger partial charge in [0.2, 0.25) is 5.88 Å². The first-order valence-electron chi connectivity index (χ1n) is 7.43. The molecule has 0 bridgehead atoms. The number of nitrogens with one attached hydrogen (secondary N) is 1. The van der Waals surface area contributed by atoms with Gasteiger partial charge in [0, 0.05) is 5.56 Å². The summed E-state index contributed by atoms with van der Waals surface area (Å²) in [6.07, 6.45) is 2.98. The molecule has 3 rings (SSSR count). The van der Waals surface area contributed by atoms with Gasteiger partial charge in [0.25, 0.3) is 10.0 Å². The minimum atomic E-state index is -3.92. The van der Waals surface area contributed by atoms with Gasteiger partial charge in [-0.1, -0.05) is 12.1 Å². The van der Waals surface area contributed by atoms with E-state index in [4.69, 9.17) is 10.5 Å². The summed E-state index contributed by atoms with van der Waals surface area (Å²) in [4.78, 5) is 15.0. The Balaban J connectivity index is 1.97. The minimum absolute atomic E-state index is 0.00289. The number of nitroso groups, excluding NO2 is 1. The van der Waals surface area contributed by atoms with Gasteiger partial charge in [0.15, 0.2) is 0 Å². The van der Waals surface area contributed by atoms with Crippen LogP contribution in [-0.4, -0.2) is 20.5 Å². The van der Waals surface area contributed by atoms with E-state index in [0.29, 0.717) is 11.3 Å². The third-order valence-corrected chi connectivity index (χ3v) is 5.02. The summed E-state index contributed by atoms with van der Waals surface area (Å²) < 4.78 is 32.8. The molecule has 1 heterocycles. The number of benzene rings is 1. The van der Waals surface area contributed by atoms with Crippen molar-refractivity contribution in [2.75, 3.05) is 17.6 Å². The summed E-state index contributed by atoms with van der Waals surface area (Å²) >= 11 is 0. The molecule has 9 heteroatoms. The van der Waals surface area contributed by atoms with E-state index in [9.17, 15) is 13.3 Å². The van der Waals surface area contributed by atoms with Crippen LogP contribution in [0.15, 0.2) is 52.2 Å². The number of nitrogen functional groups attached to an aromatic ring is 1. The average molecular weight is 360 g/mol. The Morgan fingerprint density at radius 3 is 2.72 bits per heavy atom. The molecule has 3 N–H and O–H groups in total. The van der Waals surface area contributed by atoms with E-state index in [2.05, 4.69) is 14.9 Å². The number of rotatable bonds is 6. The Morgan fingerprint density at radius 1 is 1.32 bits per heavy atom. The van der Waals surface area contributed by atoms with E-state index in [0.717, 1.165) is 18.4 Å². The number of nitrogens with two attached hydrogens (primary N) is 1. The van der Waals surface area contributed by atoms with Gasteiger partial charge in [-0.3, -0.25) is 4.72 Å². The molecule has 0 aliphatic heterocycles. The normalized spacial score (nSPS) is 13.2. The number of sulfonamides is 1. The maximum Gasteiger partial charge on any atom is 0.262 e. The van der Waals surface area contributed by atoms with Crippen LogP contribution in [0.1, 0.15) is 18.4 Å². The molecule has 1 aromatic heterocycles. The average Bonchev–Trinajstić information content (AvgIpc) is 3.41. The van der Waals surface area contributed by atoms with E-state index in [-0.39, 0.29) is 22.2 Å². The molecule has 0 saturated heterocycles. The van der Waals surface area contributed by atoms with Crippen LogP contribution in [0.2, 0.25) is 0 Å². The SMILES string of the molecule is COc1ncc(N)cc1NS(=O)(=O)c1cccc(C(N=O)=C2CC2)c1. The standard InChI is InChI=1S/C16H16N4O4S/c1-24-16-14(8-12(17)9-18-16)20-25(22,23)13-4-2-3-11(7-13)15(19-21)10-5-6-10/h2-4,7-9,20H,5-6,17H2,1H3. The molecular formula is C16H16N4O4S. The molecule has 1 saturated carbocycles. The molecule has 0 amide bonds. The number of aromatic nitrogens is 1. The van der Waals surface area contributed by atoms with Crippen LogP contribution in [0.3, 0.4) is 0 Å². The lowest BCUT2D eigenvalue weighted by molar-refractivity contribution is 0.400. The first-order chi connectivity index (χ1) is 11.9. The van der Waals surface area contributed by atoms with Crippen LogP contribution < -0.4 is 15.2 Å². The number of anilines is 2. The molecule has 25 heavy (non-hydrogen) atoms. The van der Waals surface area contributed by atoms with Gasteiger partial charge in [-0.15, -0.1) is 4.91 Å². The van der Waals surface area contributed by atoms with Crippen LogP contribution in [0, 0.1) is 4.91 Å². The summed E-state index contributed by atoms with van der Waals surface area (Å²) in [7, 11) is -2.55. The lowest BCUT2D eigenvalue weighted by Gasteiger charge is -2.12. The lowest BCUT2D eigenvalue weighted by atomic mass is 10.1. The monoisotopic (exact) mass is 360 g/mol. The van der Waals surface area contributed by atoms with Crippen molar-refractivity contribution in [3.63, 3.8) is 0 Å². The molecule has 1 aliphatic rings. The first-order valence-corrected chi connectivity index (χ1v) is 8.91. The van der Waals surface area contributed by atoms with E-state index in [1.165, 1.54) is 31.5 Å². The van der Waals surface area contributed by atoms with Crippen molar-refractivity contribution < 1.29 is 13.2 Å². The van der Waals surface area contributed by atoms with Crippen molar-refractivity contribution in [1.29, 1.82) is 0 Å². The molecule has 2 aromatic rings. The molecular weight excluding hydrogens is 344 g/mol. The van der Waals surface area contributed by atoms with Crippen LogP contribution in [0.5, 0.6) is 5.88 Å². The maximum atomic E-state index is 12.7. The van der Waals surface area contributed by atoms with Gasteiger partial charge in [-0.25, -0.2) is 13.4 Å². The number of methoxy groups -OCH3 is 1. The highest BCUT2D eigenvalue weighted by atomic mass is 32.2. The Kier molecular flexibility index (Phi) is 4.41. The fraction of sp³-hybridized carbons (Fsp3) is 0.188. The summed E-state index contributed by atoms with van der Waals surface area (Å²) in [6.45, 7) is 0. The number of allylic oxidation sites excluding steroid dienone is 1. The topological polar surface area (TPSA) is 124 Å². The Bertz CT molecular complexity index is 964. The summed E-state index contributed by atoms with van der Waals surface area (Å²) in [5.41, 5.74) is 7.78. The smallest absolute Gasteiger partial charge is 0.262 e. The van der Waals surface area contributed by atoms with Crippen LogP contribution in [0.4, 0.5) is 11.4 Å². The van der Waals surface area contributed by atoms with Crippen molar-refractivity contribution in [3.8, 4) is 5.88 Å². The van der Waals surface area contributed by atoms with Gasteiger partial charge in [-0.05, 0) is 41.8 Å². The quantitative estimate of drug-likeness (QED) is 0.763. The number of hydrogen-bond acceptors (Lipinski definition) is 7. The molecule has 1 aromatic carbocycles. The molecule has 130 valence electrons. The second-order valence-electron chi connectivity index (χ2n) is 5.50. The van der Waals surface area contributed by atoms with Crippen molar-refractivity contribution >= 4 is 27.1 Å². The second-order valence-corrected chi connectivity index (χ2v) is 7.18. The fourth-order valence-electron chi connectivity index (χ4n) is 2.34. The molecule has 0 radical (unpaired) electrons. The van der Waals surface area contributed by atoms with Gasteiger partial charge in [0.05, 0.1) is 23.9 Å². The predicted octanol–water partition coefficient (Wildman–Crippen LogP) is 2.74. The molecule has 1 fully saturated rings. The lowest BCUT2D eigenvalue weighted by Crippen LogP contribution is -2.14. The molecule has 1 aliphatic carbocycles. The number of ether oxygens (including phenoxy) is 1. The van der Waals surface area contributed by atoms with Crippen LogP contribution in [0.25, 0.3) is 5.70 Å². The maximum absolute atomic E-state index is 12.7. The zero-order valence-electron chi connectivity index (χ0n) is 13.4. The number of nitrogens with zero attached hydrogens (tertiary/aromatic N) is 2. The van der Waals surface area contributed by atoms with Crippen molar-refractivity contribution in [2.45, 2.75) is 17.7 Å². The summed E-state index contributed by atoms with van der Waals surface area (Å²) in [5, 5.41) is 3.03. The van der Waals surface area contributed by atoms with E-state index < -0.39 is 10.0 Å². The highest BCUT2D eigenvalue weighted by Crippen LogP contribution is 2.37. The van der Waals surface area contributed by atoms with Gasteiger partial charge in [0.1, 0.15) is 11.4 Å². The van der Waals surface area contributed by atoms with E-state index in [1.807, 2.05) is 0 Å². The fourth-order valence-corrected chi connectivity index (χ4v) is 3.43. The molecule has 0 spiro atoms. The molecule has 8 nitrogen and oxygen atoms in total. The third kappa shape index (κ3) is 3.61. The molecule has 0 atom stereocenters. The summed E-state index contributed by atoms with van der Waals surface area (Å²) in [5.74, 6) is 0.101. The van der Waals surface area contributed by atoms with Gasteiger partial charge < -0.3 is 10.5 Å². The largest absolute Gasteiger partial charge is 0.479 e. The van der Waals surface area contributed by atoms with Crippen LogP contribution in [-0.2, 0) is 10.0 Å². The van der Waals surface area contributed by atoms with Crippen molar-refractivity contribution in [2.24, 2.45) is 5.18 Å². The predicted molar refractivity (Wildman–Crippen MR) is 94.4 cm³/mol. The first kappa shape index (κ1) is 16.9. The van der Waals surface area contributed by atoms with Crippen LogP contribution >= 0.6 is 0 Å². The Morgan fingerprint density at radius 2 is 2.08 bits per heavy atom.